The predicted octanol–water partition coefficient (Wildman–Crippen LogP) is 3.18. The minimum absolute atomic E-state index is 0.183. The van der Waals surface area contributed by atoms with Gasteiger partial charge in [0, 0.05) is 24.6 Å². The van der Waals surface area contributed by atoms with Crippen molar-refractivity contribution in [3.63, 3.8) is 0 Å². The number of pyridine rings is 1. The van der Waals surface area contributed by atoms with Crippen molar-refractivity contribution in [2.24, 2.45) is 0 Å². The van der Waals surface area contributed by atoms with E-state index in [9.17, 15) is 4.79 Å². The number of carbonyl (C=O) groups is 1. The third-order valence-corrected chi connectivity index (χ3v) is 4.39. The quantitative estimate of drug-likeness (QED) is 0.803. The smallest absolute Gasteiger partial charge is 0.275 e. The van der Waals surface area contributed by atoms with Gasteiger partial charge in [-0.15, -0.1) is 0 Å². The average molecular weight is 320 g/mol. The SMILES string of the molecule is O=C(Nc1cccc(CN2CCCC2)c1)c1cn2ccccc2n1. The summed E-state index contributed by atoms with van der Waals surface area (Å²) in [5, 5.41) is 2.95. The van der Waals surface area contributed by atoms with Crippen molar-refractivity contribution in [1.29, 1.82) is 0 Å². The van der Waals surface area contributed by atoms with Gasteiger partial charge in [-0.25, -0.2) is 4.98 Å². The first kappa shape index (κ1) is 14.9. The Morgan fingerprint density at radius 2 is 2.00 bits per heavy atom. The van der Waals surface area contributed by atoms with E-state index < -0.39 is 0 Å². The molecule has 1 amide bonds. The molecule has 5 nitrogen and oxygen atoms in total. The lowest BCUT2D eigenvalue weighted by Crippen LogP contribution is -2.18. The van der Waals surface area contributed by atoms with E-state index in [1.807, 2.05) is 47.0 Å². The Labute approximate surface area is 140 Å². The van der Waals surface area contributed by atoms with Crippen molar-refractivity contribution < 1.29 is 4.79 Å². The number of nitrogens with zero attached hydrogens (tertiary/aromatic N) is 3. The monoisotopic (exact) mass is 320 g/mol. The lowest BCUT2D eigenvalue weighted by Gasteiger charge is -2.15. The zero-order valence-corrected chi connectivity index (χ0v) is 13.5. The first-order valence-electron chi connectivity index (χ1n) is 8.34. The summed E-state index contributed by atoms with van der Waals surface area (Å²) in [6.07, 6.45) is 6.20. The van der Waals surface area contributed by atoms with E-state index in [0.717, 1.165) is 31.0 Å². The molecule has 2 aromatic heterocycles. The Hall–Kier alpha value is -2.66. The normalized spacial score (nSPS) is 15.0. The summed E-state index contributed by atoms with van der Waals surface area (Å²) in [6.45, 7) is 3.27. The summed E-state index contributed by atoms with van der Waals surface area (Å²) >= 11 is 0. The van der Waals surface area contributed by atoms with Crippen LogP contribution in [0.5, 0.6) is 0 Å². The Morgan fingerprint density at radius 3 is 2.83 bits per heavy atom. The maximum atomic E-state index is 12.4. The van der Waals surface area contributed by atoms with E-state index >= 15 is 0 Å². The molecule has 1 aliphatic rings. The summed E-state index contributed by atoms with van der Waals surface area (Å²) in [5.41, 5.74) is 3.23. The van der Waals surface area contributed by atoms with Crippen LogP contribution in [0.15, 0.2) is 54.9 Å². The first-order chi connectivity index (χ1) is 11.8. The summed E-state index contributed by atoms with van der Waals surface area (Å²) in [5.74, 6) is -0.183. The molecule has 0 spiro atoms. The van der Waals surface area contributed by atoms with Gasteiger partial charge in [0.15, 0.2) is 0 Å². The van der Waals surface area contributed by atoms with Crippen LogP contribution in [0.2, 0.25) is 0 Å². The number of benzene rings is 1. The van der Waals surface area contributed by atoms with Gasteiger partial charge >= 0.3 is 0 Å². The van der Waals surface area contributed by atoms with Gasteiger partial charge in [0.2, 0.25) is 0 Å². The van der Waals surface area contributed by atoms with E-state index in [-0.39, 0.29) is 5.91 Å². The van der Waals surface area contributed by atoms with Crippen LogP contribution in [-0.4, -0.2) is 33.3 Å². The molecule has 3 aromatic rings. The molecule has 1 N–H and O–H groups in total. The van der Waals surface area contributed by atoms with Crippen LogP contribution in [0.3, 0.4) is 0 Å². The van der Waals surface area contributed by atoms with Crippen molar-refractivity contribution in [1.82, 2.24) is 14.3 Å². The fraction of sp³-hybridized carbons (Fsp3) is 0.263. The largest absolute Gasteiger partial charge is 0.321 e. The van der Waals surface area contributed by atoms with Crippen molar-refractivity contribution in [2.45, 2.75) is 19.4 Å². The highest BCUT2D eigenvalue weighted by molar-refractivity contribution is 6.03. The summed E-state index contributed by atoms with van der Waals surface area (Å²) in [7, 11) is 0. The zero-order valence-electron chi connectivity index (χ0n) is 13.5. The molecule has 5 heteroatoms. The average Bonchev–Trinajstić information content (AvgIpc) is 3.24. The molecule has 1 saturated heterocycles. The van der Waals surface area contributed by atoms with E-state index in [1.54, 1.807) is 6.20 Å². The third-order valence-electron chi connectivity index (χ3n) is 4.39. The number of rotatable bonds is 4. The Kier molecular flexibility index (Phi) is 4.01. The van der Waals surface area contributed by atoms with E-state index in [0.29, 0.717) is 5.69 Å². The van der Waals surface area contributed by atoms with Crippen LogP contribution in [0, 0.1) is 0 Å². The van der Waals surface area contributed by atoms with E-state index in [2.05, 4.69) is 21.3 Å². The fourth-order valence-electron chi connectivity index (χ4n) is 3.19. The van der Waals surface area contributed by atoms with Gasteiger partial charge in [-0.2, -0.15) is 0 Å². The molecular formula is C19H20N4O. The van der Waals surface area contributed by atoms with Crippen LogP contribution < -0.4 is 5.32 Å². The number of fused-ring (bicyclic) bond motifs is 1. The van der Waals surface area contributed by atoms with Crippen LogP contribution in [0.1, 0.15) is 28.9 Å². The number of anilines is 1. The van der Waals surface area contributed by atoms with Gasteiger partial charge in [-0.3, -0.25) is 9.69 Å². The molecule has 0 bridgehead atoms. The molecule has 0 radical (unpaired) electrons. The molecule has 0 aliphatic carbocycles. The van der Waals surface area contributed by atoms with Crippen molar-refractivity contribution in [3.8, 4) is 0 Å². The van der Waals surface area contributed by atoms with E-state index in [4.69, 9.17) is 0 Å². The molecular weight excluding hydrogens is 300 g/mol. The number of hydrogen-bond donors (Lipinski definition) is 1. The topological polar surface area (TPSA) is 49.6 Å². The zero-order chi connectivity index (χ0) is 16.4. The van der Waals surface area contributed by atoms with Gasteiger partial charge in [0.25, 0.3) is 5.91 Å². The van der Waals surface area contributed by atoms with Crippen molar-refractivity contribution in [2.75, 3.05) is 18.4 Å². The van der Waals surface area contributed by atoms with Crippen LogP contribution in [0.4, 0.5) is 5.69 Å². The summed E-state index contributed by atoms with van der Waals surface area (Å²) in [4.78, 5) is 19.2. The number of aromatic nitrogens is 2. The van der Waals surface area contributed by atoms with Crippen molar-refractivity contribution in [3.05, 3.63) is 66.1 Å². The van der Waals surface area contributed by atoms with Crippen LogP contribution >= 0.6 is 0 Å². The fourth-order valence-corrected chi connectivity index (χ4v) is 3.19. The van der Waals surface area contributed by atoms with Gasteiger partial charge < -0.3 is 9.72 Å². The second-order valence-electron chi connectivity index (χ2n) is 6.23. The molecule has 0 saturated carbocycles. The molecule has 4 rings (SSSR count). The van der Waals surface area contributed by atoms with Gasteiger partial charge in [0.05, 0.1) is 0 Å². The molecule has 0 unspecified atom stereocenters. The second-order valence-corrected chi connectivity index (χ2v) is 6.23. The number of hydrogen-bond acceptors (Lipinski definition) is 3. The number of likely N-dealkylation sites (tertiary alicyclic amines) is 1. The molecule has 3 heterocycles. The highest BCUT2D eigenvalue weighted by atomic mass is 16.1. The van der Waals surface area contributed by atoms with Crippen LogP contribution in [-0.2, 0) is 6.54 Å². The Morgan fingerprint density at radius 1 is 1.12 bits per heavy atom. The summed E-state index contributed by atoms with van der Waals surface area (Å²) in [6, 6.07) is 13.8. The maximum absolute atomic E-state index is 12.4. The number of amides is 1. The second kappa shape index (κ2) is 6.45. The van der Waals surface area contributed by atoms with Gasteiger partial charge in [-0.1, -0.05) is 18.2 Å². The Bertz CT molecular complexity index is 831. The van der Waals surface area contributed by atoms with Gasteiger partial charge in [0.1, 0.15) is 11.3 Å². The molecule has 122 valence electrons. The maximum Gasteiger partial charge on any atom is 0.275 e. The molecule has 24 heavy (non-hydrogen) atoms. The van der Waals surface area contributed by atoms with E-state index in [1.165, 1.54) is 18.4 Å². The lowest BCUT2D eigenvalue weighted by molar-refractivity contribution is 0.102. The number of nitrogens with one attached hydrogen (secondary N) is 1. The summed E-state index contributed by atoms with van der Waals surface area (Å²) < 4.78 is 1.85. The molecule has 1 aliphatic heterocycles. The lowest BCUT2D eigenvalue weighted by atomic mass is 10.2. The minimum atomic E-state index is -0.183. The van der Waals surface area contributed by atoms with Crippen molar-refractivity contribution >= 4 is 17.2 Å². The Balaban J connectivity index is 1.48. The first-order valence-corrected chi connectivity index (χ1v) is 8.34. The predicted molar refractivity (Wildman–Crippen MR) is 94.1 cm³/mol. The highest BCUT2D eigenvalue weighted by Gasteiger charge is 2.13. The van der Waals surface area contributed by atoms with Crippen LogP contribution in [0.25, 0.3) is 5.65 Å². The molecule has 0 atom stereocenters. The third kappa shape index (κ3) is 3.16. The van der Waals surface area contributed by atoms with Gasteiger partial charge in [-0.05, 0) is 55.8 Å². The highest BCUT2D eigenvalue weighted by Crippen LogP contribution is 2.17. The number of imidazole rings is 1. The number of carbonyl (C=O) groups excluding carboxylic acids is 1. The molecule has 1 fully saturated rings. The molecule has 1 aromatic carbocycles. The standard InChI is InChI=1S/C19H20N4O/c24-19(17-14-23-11-2-1-8-18(23)21-17)20-16-7-5-6-15(12-16)13-22-9-3-4-10-22/h1-2,5-8,11-12,14H,3-4,9-10,13H2,(H,20,24). The minimum Gasteiger partial charge on any atom is -0.321 e.